The molecule has 0 saturated heterocycles. The monoisotopic (exact) mass is 160 g/mol. The molecule has 0 heterocycles. The Hall–Kier alpha value is 0.177. The third-order valence-electron chi connectivity index (χ3n) is 3.02. The highest BCUT2D eigenvalue weighted by Gasteiger charge is 2.34. The molecule has 0 amide bonds. The van der Waals surface area contributed by atoms with Gasteiger partial charge in [0.25, 0.3) is 0 Å². The van der Waals surface area contributed by atoms with Crippen LogP contribution in [0, 0.1) is 5.41 Å². The van der Waals surface area contributed by atoms with Crippen LogP contribution >= 0.6 is 0 Å². The molecule has 2 heteroatoms. The molecule has 0 aliphatic heterocycles. The molecule has 0 atom stereocenters. The smallest absolute Gasteiger partial charge is 0.146 e. The Balaban J connectivity index is 4.28. The molecule has 0 unspecified atom stereocenters. The van der Waals surface area contributed by atoms with Gasteiger partial charge in [-0.1, -0.05) is 20.8 Å². The van der Waals surface area contributed by atoms with E-state index in [0.717, 1.165) is 10.5 Å². The van der Waals surface area contributed by atoms with Crippen molar-refractivity contribution in [2.75, 3.05) is 0 Å². The van der Waals surface area contributed by atoms with E-state index in [0.29, 0.717) is 5.41 Å². The van der Waals surface area contributed by atoms with Crippen molar-refractivity contribution in [2.45, 2.75) is 46.6 Å². The Kier molecular flexibility index (Phi) is 3.11. The van der Waals surface area contributed by atoms with Gasteiger partial charge >= 0.3 is 0 Å². The first-order chi connectivity index (χ1) is 4.37. The van der Waals surface area contributed by atoms with E-state index in [1.54, 1.807) is 0 Å². The molecular formula is C8H20OSi. The molecule has 0 fully saturated rings. The van der Waals surface area contributed by atoms with Gasteiger partial charge in [-0.05, 0) is 25.7 Å². The molecule has 0 aliphatic rings. The summed E-state index contributed by atoms with van der Waals surface area (Å²) < 4.78 is 5.53. The van der Waals surface area contributed by atoms with E-state index in [1.165, 1.54) is 6.42 Å². The van der Waals surface area contributed by atoms with Gasteiger partial charge in [0.05, 0.1) is 5.60 Å². The summed E-state index contributed by atoms with van der Waals surface area (Å²) in [4.78, 5) is 0. The van der Waals surface area contributed by atoms with Crippen molar-refractivity contribution in [2.24, 2.45) is 5.41 Å². The summed E-state index contributed by atoms with van der Waals surface area (Å²) in [6, 6.07) is 0. The molecule has 0 N–H and O–H groups in total. The molecular weight excluding hydrogens is 140 g/mol. The van der Waals surface area contributed by atoms with Crippen LogP contribution in [0.25, 0.3) is 0 Å². The summed E-state index contributed by atoms with van der Waals surface area (Å²) in [7, 11) is 0.833. The van der Waals surface area contributed by atoms with Crippen molar-refractivity contribution >= 4 is 10.5 Å². The lowest BCUT2D eigenvalue weighted by atomic mass is 9.75. The minimum absolute atomic E-state index is 0.0496. The van der Waals surface area contributed by atoms with Crippen molar-refractivity contribution in [3.05, 3.63) is 0 Å². The highest BCUT2D eigenvalue weighted by atomic mass is 28.2. The lowest BCUT2D eigenvalue weighted by Gasteiger charge is -2.40. The van der Waals surface area contributed by atoms with Gasteiger partial charge < -0.3 is 4.43 Å². The topological polar surface area (TPSA) is 9.23 Å². The minimum atomic E-state index is 0.0496. The first-order valence-corrected chi connectivity index (χ1v) is 4.74. The molecule has 0 radical (unpaired) electrons. The van der Waals surface area contributed by atoms with Gasteiger partial charge in [0.1, 0.15) is 10.5 Å². The van der Waals surface area contributed by atoms with Gasteiger partial charge in [0.2, 0.25) is 0 Å². The SMILES string of the molecule is CCC(C)(C)C(C)(C)O[SiH3]. The van der Waals surface area contributed by atoms with Crippen LogP contribution in [0.3, 0.4) is 0 Å². The third-order valence-corrected chi connectivity index (χ3v) is 4.04. The van der Waals surface area contributed by atoms with Crippen LogP contribution in [-0.2, 0) is 4.43 Å². The number of rotatable bonds is 3. The Morgan fingerprint density at radius 3 is 1.70 bits per heavy atom. The van der Waals surface area contributed by atoms with E-state index in [1.807, 2.05) is 0 Å². The molecule has 0 rings (SSSR count). The van der Waals surface area contributed by atoms with E-state index < -0.39 is 0 Å². The first kappa shape index (κ1) is 10.2. The minimum Gasteiger partial charge on any atom is -0.422 e. The zero-order valence-electron chi connectivity index (χ0n) is 8.12. The summed E-state index contributed by atoms with van der Waals surface area (Å²) in [5.41, 5.74) is 0.350. The Labute approximate surface area is 67.7 Å². The zero-order chi connectivity index (χ0) is 8.41. The van der Waals surface area contributed by atoms with Gasteiger partial charge in [0, 0.05) is 0 Å². The predicted octanol–water partition coefficient (Wildman–Crippen LogP) is 1.50. The summed E-state index contributed by atoms with van der Waals surface area (Å²) >= 11 is 0. The van der Waals surface area contributed by atoms with Crippen molar-refractivity contribution < 1.29 is 4.43 Å². The lowest BCUT2D eigenvalue weighted by Crippen LogP contribution is -2.40. The van der Waals surface area contributed by atoms with Gasteiger partial charge in [-0.2, -0.15) is 0 Å². The quantitative estimate of drug-likeness (QED) is 0.569. The van der Waals surface area contributed by atoms with Gasteiger partial charge in [0.15, 0.2) is 0 Å². The third kappa shape index (κ3) is 1.83. The van der Waals surface area contributed by atoms with E-state index in [9.17, 15) is 0 Å². The van der Waals surface area contributed by atoms with Gasteiger partial charge in [-0.15, -0.1) is 0 Å². The highest BCUT2D eigenvalue weighted by molar-refractivity contribution is 5.98. The van der Waals surface area contributed by atoms with Crippen molar-refractivity contribution in [1.29, 1.82) is 0 Å². The van der Waals surface area contributed by atoms with Crippen molar-refractivity contribution in [3.8, 4) is 0 Å². The summed E-state index contributed by atoms with van der Waals surface area (Å²) in [6.07, 6.45) is 1.17. The van der Waals surface area contributed by atoms with Gasteiger partial charge in [-0.3, -0.25) is 0 Å². The molecule has 0 spiro atoms. The van der Waals surface area contributed by atoms with E-state index in [4.69, 9.17) is 4.43 Å². The second-order valence-corrected chi connectivity index (χ2v) is 4.36. The molecule has 62 valence electrons. The average Bonchev–Trinajstić information content (AvgIpc) is 1.88. The fourth-order valence-corrected chi connectivity index (χ4v) is 1.25. The largest absolute Gasteiger partial charge is 0.422 e. The maximum absolute atomic E-state index is 5.53. The average molecular weight is 160 g/mol. The molecule has 0 saturated carbocycles. The summed E-state index contributed by atoms with van der Waals surface area (Å²) in [6.45, 7) is 11.1. The Morgan fingerprint density at radius 2 is 1.60 bits per heavy atom. The van der Waals surface area contributed by atoms with E-state index in [-0.39, 0.29) is 5.60 Å². The zero-order valence-corrected chi connectivity index (χ0v) is 10.1. The van der Waals surface area contributed by atoms with Crippen LogP contribution in [0.5, 0.6) is 0 Å². The van der Waals surface area contributed by atoms with E-state index in [2.05, 4.69) is 34.6 Å². The van der Waals surface area contributed by atoms with Crippen LogP contribution in [0.1, 0.15) is 41.0 Å². The van der Waals surface area contributed by atoms with Crippen LogP contribution in [0.4, 0.5) is 0 Å². The number of hydrogen-bond acceptors (Lipinski definition) is 1. The van der Waals surface area contributed by atoms with Crippen LogP contribution in [0.2, 0.25) is 0 Å². The van der Waals surface area contributed by atoms with Gasteiger partial charge in [-0.25, -0.2) is 0 Å². The fraction of sp³-hybridized carbons (Fsp3) is 1.00. The van der Waals surface area contributed by atoms with Crippen molar-refractivity contribution in [3.63, 3.8) is 0 Å². The molecule has 0 bridgehead atoms. The molecule has 1 nitrogen and oxygen atoms in total. The molecule has 0 aliphatic carbocycles. The second-order valence-electron chi connectivity index (χ2n) is 3.95. The first-order valence-electron chi connectivity index (χ1n) is 3.92. The maximum atomic E-state index is 5.53. The molecule has 10 heavy (non-hydrogen) atoms. The molecule has 0 aromatic rings. The normalized spacial score (nSPS) is 14.1. The standard InChI is InChI=1S/C8H20OSi/c1-6-7(2,3)8(4,5)9-10/h6H2,1-5,10H3. The number of hydrogen-bond donors (Lipinski definition) is 0. The van der Waals surface area contributed by atoms with E-state index >= 15 is 0 Å². The van der Waals surface area contributed by atoms with Crippen LogP contribution in [0.15, 0.2) is 0 Å². The molecule has 0 aromatic carbocycles. The predicted molar refractivity (Wildman–Crippen MR) is 49.2 cm³/mol. The summed E-state index contributed by atoms with van der Waals surface area (Å²) in [5.74, 6) is 0. The lowest BCUT2D eigenvalue weighted by molar-refractivity contribution is -0.00647. The summed E-state index contributed by atoms with van der Waals surface area (Å²) in [5, 5.41) is 0. The Morgan fingerprint density at radius 1 is 1.20 bits per heavy atom. The van der Waals surface area contributed by atoms with Crippen molar-refractivity contribution in [1.82, 2.24) is 0 Å². The fourth-order valence-electron chi connectivity index (χ4n) is 0.702. The highest BCUT2D eigenvalue weighted by Crippen LogP contribution is 2.35. The van der Waals surface area contributed by atoms with Crippen LogP contribution in [-0.4, -0.2) is 16.1 Å². The van der Waals surface area contributed by atoms with Crippen LogP contribution < -0.4 is 0 Å². The molecule has 0 aromatic heterocycles. The Bertz CT molecular complexity index is 93.8. The second kappa shape index (κ2) is 3.05. The maximum Gasteiger partial charge on any atom is 0.146 e.